The summed E-state index contributed by atoms with van der Waals surface area (Å²) < 4.78 is 5.15. The van der Waals surface area contributed by atoms with Crippen molar-refractivity contribution in [3.63, 3.8) is 0 Å². The molecule has 2 fully saturated rings. The molecule has 3 aliphatic rings. The van der Waals surface area contributed by atoms with Crippen LogP contribution in [0.3, 0.4) is 0 Å². The molecule has 3 aromatic rings. The summed E-state index contributed by atoms with van der Waals surface area (Å²) in [6.07, 6.45) is -0.261. The van der Waals surface area contributed by atoms with Crippen LogP contribution in [-0.4, -0.2) is 36.8 Å². The van der Waals surface area contributed by atoms with Crippen LogP contribution in [0.15, 0.2) is 84.9 Å². The summed E-state index contributed by atoms with van der Waals surface area (Å²) in [6.45, 7) is 0. The summed E-state index contributed by atoms with van der Waals surface area (Å²) in [5.41, 5.74) is -1.16. The number of esters is 1. The van der Waals surface area contributed by atoms with E-state index in [0.29, 0.717) is 22.5 Å². The number of fused-ring (bicyclic) bond motifs is 3. The van der Waals surface area contributed by atoms with Crippen LogP contribution in [0.25, 0.3) is 0 Å². The number of hydrogen-bond acceptors (Lipinski definition) is 6. The van der Waals surface area contributed by atoms with Crippen molar-refractivity contribution in [2.45, 2.75) is 23.9 Å². The predicted molar refractivity (Wildman–Crippen MR) is 131 cm³/mol. The van der Waals surface area contributed by atoms with E-state index < -0.39 is 46.6 Å². The number of carbonyl (C=O) groups is 4. The van der Waals surface area contributed by atoms with Crippen LogP contribution in [0.5, 0.6) is 0 Å². The number of rotatable bonds is 3. The number of hydrogen-bond donors (Lipinski definition) is 2. The molecule has 8 nitrogen and oxygen atoms in total. The van der Waals surface area contributed by atoms with Gasteiger partial charge in [0.2, 0.25) is 11.8 Å². The van der Waals surface area contributed by atoms with Crippen LogP contribution in [0, 0.1) is 5.41 Å². The lowest BCUT2D eigenvalue weighted by atomic mass is 9.59. The Kier molecular flexibility index (Phi) is 4.84. The fourth-order valence-electron chi connectivity index (χ4n) is 6.35. The third-order valence-electron chi connectivity index (χ3n) is 7.72. The van der Waals surface area contributed by atoms with Gasteiger partial charge in [0.05, 0.1) is 18.2 Å². The minimum atomic E-state index is -1.67. The number of carbonyl (C=O) groups excluding carboxylic acids is 4. The van der Waals surface area contributed by atoms with Gasteiger partial charge in [-0.1, -0.05) is 66.7 Å². The molecule has 180 valence electrons. The van der Waals surface area contributed by atoms with E-state index in [2.05, 4.69) is 10.6 Å². The molecular weight excluding hydrogens is 458 g/mol. The Morgan fingerprint density at radius 3 is 2.25 bits per heavy atom. The molecule has 3 aromatic carbocycles. The van der Waals surface area contributed by atoms with Gasteiger partial charge in [0.25, 0.3) is 5.91 Å². The molecule has 3 aliphatic heterocycles. The maximum atomic E-state index is 14.6. The number of para-hydroxylation sites is 2. The molecule has 8 heteroatoms. The second-order valence-corrected chi connectivity index (χ2v) is 9.30. The van der Waals surface area contributed by atoms with Crippen molar-refractivity contribution in [1.82, 2.24) is 5.32 Å². The number of ether oxygens (including phenoxy) is 1. The smallest absolute Gasteiger partial charge is 0.323 e. The number of amides is 3. The Morgan fingerprint density at radius 1 is 0.917 bits per heavy atom. The normalized spacial score (nSPS) is 28.6. The highest BCUT2D eigenvalue weighted by molar-refractivity contribution is 6.27. The standard InChI is InChI=1S/C28H23N3O5/c1-36-24(33)23-22(17-10-4-2-5-11-17)27(16-21(32)31(26(27)35)18-12-6-3-7-13-18)28(30-23)19-14-8-9-15-20(19)29-25(28)34/h2-15,22-23,30H,16H2,1H3,(H,29,34)/t22-,23+,27-,28-/m0/s1. The molecule has 3 amide bonds. The maximum Gasteiger partial charge on any atom is 0.323 e. The maximum absolute atomic E-state index is 14.6. The summed E-state index contributed by atoms with van der Waals surface area (Å²) in [6, 6.07) is 23.7. The summed E-state index contributed by atoms with van der Waals surface area (Å²) >= 11 is 0. The fourth-order valence-corrected chi connectivity index (χ4v) is 6.35. The van der Waals surface area contributed by atoms with Crippen molar-refractivity contribution >= 4 is 35.1 Å². The third kappa shape index (κ3) is 2.67. The van der Waals surface area contributed by atoms with Gasteiger partial charge in [0, 0.05) is 23.6 Å². The van der Waals surface area contributed by atoms with Crippen LogP contribution in [-0.2, 0) is 29.5 Å². The highest BCUT2D eigenvalue weighted by Crippen LogP contribution is 2.64. The van der Waals surface area contributed by atoms with E-state index in [1.54, 1.807) is 66.7 Å². The number of nitrogens with one attached hydrogen (secondary N) is 2. The van der Waals surface area contributed by atoms with Gasteiger partial charge in [-0.15, -0.1) is 0 Å². The molecule has 0 radical (unpaired) electrons. The molecule has 36 heavy (non-hydrogen) atoms. The molecule has 0 aliphatic carbocycles. The van der Waals surface area contributed by atoms with E-state index in [1.165, 1.54) is 7.11 Å². The number of anilines is 2. The summed E-state index contributed by atoms with van der Waals surface area (Å²) in [4.78, 5) is 56.6. The van der Waals surface area contributed by atoms with E-state index in [4.69, 9.17) is 4.74 Å². The minimum Gasteiger partial charge on any atom is -0.468 e. The summed E-state index contributed by atoms with van der Waals surface area (Å²) in [5, 5.41) is 6.13. The van der Waals surface area contributed by atoms with Crippen molar-refractivity contribution < 1.29 is 23.9 Å². The number of methoxy groups -OCH3 is 1. The van der Waals surface area contributed by atoms with Crippen LogP contribution >= 0.6 is 0 Å². The Balaban J connectivity index is 1.67. The molecule has 2 spiro atoms. The van der Waals surface area contributed by atoms with E-state index in [9.17, 15) is 19.2 Å². The average Bonchev–Trinajstić information content (AvgIpc) is 3.47. The van der Waals surface area contributed by atoms with Gasteiger partial charge in [0.1, 0.15) is 11.6 Å². The van der Waals surface area contributed by atoms with Crippen molar-refractivity contribution in [2.24, 2.45) is 5.41 Å². The quantitative estimate of drug-likeness (QED) is 0.440. The van der Waals surface area contributed by atoms with Crippen LogP contribution in [0.2, 0.25) is 0 Å². The molecule has 4 atom stereocenters. The molecule has 2 saturated heterocycles. The molecule has 0 unspecified atom stereocenters. The number of imide groups is 1. The molecule has 6 rings (SSSR count). The first-order valence-electron chi connectivity index (χ1n) is 11.7. The van der Waals surface area contributed by atoms with Crippen LogP contribution in [0.4, 0.5) is 11.4 Å². The lowest BCUT2D eigenvalue weighted by molar-refractivity contribution is -0.143. The molecule has 0 bridgehead atoms. The zero-order valence-corrected chi connectivity index (χ0v) is 19.4. The minimum absolute atomic E-state index is 0.261. The first-order chi connectivity index (χ1) is 17.5. The zero-order valence-electron chi connectivity index (χ0n) is 19.4. The second-order valence-electron chi connectivity index (χ2n) is 9.30. The molecule has 0 saturated carbocycles. The Bertz CT molecular complexity index is 1410. The van der Waals surface area contributed by atoms with Crippen molar-refractivity contribution in [2.75, 3.05) is 17.3 Å². The fraction of sp³-hybridized carbons (Fsp3) is 0.214. The van der Waals surface area contributed by atoms with Crippen LogP contribution < -0.4 is 15.5 Å². The van der Waals surface area contributed by atoms with E-state index in [0.717, 1.165) is 4.90 Å². The molecule has 0 aromatic heterocycles. The van der Waals surface area contributed by atoms with E-state index >= 15 is 0 Å². The predicted octanol–water partition coefficient (Wildman–Crippen LogP) is 2.71. The van der Waals surface area contributed by atoms with Crippen LogP contribution in [0.1, 0.15) is 23.5 Å². The molecule has 2 N–H and O–H groups in total. The Morgan fingerprint density at radius 2 is 1.56 bits per heavy atom. The molecular formula is C28H23N3O5. The van der Waals surface area contributed by atoms with Gasteiger partial charge < -0.3 is 10.1 Å². The highest BCUT2D eigenvalue weighted by atomic mass is 16.5. The molecule has 3 heterocycles. The van der Waals surface area contributed by atoms with Crippen molar-refractivity contribution in [3.8, 4) is 0 Å². The van der Waals surface area contributed by atoms with Crippen molar-refractivity contribution in [1.29, 1.82) is 0 Å². The third-order valence-corrected chi connectivity index (χ3v) is 7.72. The average molecular weight is 482 g/mol. The zero-order chi connectivity index (χ0) is 25.1. The lowest BCUT2D eigenvalue weighted by Crippen LogP contribution is -2.58. The number of benzene rings is 3. The van der Waals surface area contributed by atoms with Gasteiger partial charge in [-0.05, 0) is 23.8 Å². The van der Waals surface area contributed by atoms with Gasteiger partial charge >= 0.3 is 5.97 Å². The topological polar surface area (TPSA) is 105 Å². The highest BCUT2D eigenvalue weighted by Gasteiger charge is 2.78. The van der Waals surface area contributed by atoms with Gasteiger partial charge in [0.15, 0.2) is 0 Å². The second kappa shape index (κ2) is 7.86. The number of nitrogens with zero attached hydrogens (tertiary/aromatic N) is 1. The SMILES string of the molecule is COC(=O)[C@@H]1N[C@@]2(C(=O)Nc3ccccc32)[C@@]2(CC(=O)N(c3ccccc3)C2=O)[C@H]1c1ccccc1. The summed E-state index contributed by atoms with van der Waals surface area (Å²) in [7, 11) is 1.27. The largest absolute Gasteiger partial charge is 0.468 e. The Hall–Kier alpha value is -4.30. The first kappa shape index (κ1) is 22.2. The van der Waals surface area contributed by atoms with E-state index in [-0.39, 0.29) is 6.42 Å². The van der Waals surface area contributed by atoms with Gasteiger partial charge in [-0.2, -0.15) is 0 Å². The Labute approximate surface area is 207 Å². The monoisotopic (exact) mass is 481 g/mol. The lowest BCUT2D eigenvalue weighted by Gasteiger charge is -2.39. The van der Waals surface area contributed by atoms with E-state index in [1.807, 2.05) is 18.2 Å². The summed E-state index contributed by atoms with van der Waals surface area (Å²) in [5.74, 6) is -2.91. The first-order valence-corrected chi connectivity index (χ1v) is 11.7. The van der Waals surface area contributed by atoms with Gasteiger partial charge in [-0.25, -0.2) is 4.90 Å². The van der Waals surface area contributed by atoms with Gasteiger partial charge in [-0.3, -0.25) is 24.5 Å². The van der Waals surface area contributed by atoms with Crippen molar-refractivity contribution in [3.05, 3.63) is 96.1 Å².